The van der Waals surface area contributed by atoms with E-state index in [-0.39, 0.29) is 24.0 Å². The average Bonchev–Trinajstić information content (AvgIpc) is 2.81. The van der Waals surface area contributed by atoms with Gasteiger partial charge in [0.05, 0.1) is 25.3 Å². The summed E-state index contributed by atoms with van der Waals surface area (Å²) >= 11 is 0. The number of esters is 1. The summed E-state index contributed by atoms with van der Waals surface area (Å²) in [6.07, 6.45) is 0. The molecule has 7 heteroatoms. The summed E-state index contributed by atoms with van der Waals surface area (Å²) in [6, 6.07) is 12.7. The van der Waals surface area contributed by atoms with Gasteiger partial charge >= 0.3 is 12.0 Å². The van der Waals surface area contributed by atoms with Crippen LogP contribution in [0.2, 0.25) is 0 Å². The molecule has 1 aliphatic rings. The average molecular weight is 481 g/mol. The molecule has 0 spiro atoms. The van der Waals surface area contributed by atoms with E-state index in [1.165, 1.54) is 5.56 Å². The minimum atomic E-state index is -0.673. The molecule has 1 aliphatic heterocycles. The molecule has 2 aromatic carbocycles. The molecule has 0 bridgehead atoms. The molecule has 2 N–H and O–H groups in total. The summed E-state index contributed by atoms with van der Waals surface area (Å²) in [5.41, 5.74) is 4.03. The van der Waals surface area contributed by atoms with Crippen LogP contribution in [0, 0.1) is 5.92 Å². The summed E-state index contributed by atoms with van der Waals surface area (Å²) in [5.74, 6) is 0.543. The number of amides is 2. The van der Waals surface area contributed by atoms with Crippen molar-refractivity contribution in [1.29, 1.82) is 0 Å². The predicted molar refractivity (Wildman–Crippen MR) is 135 cm³/mol. The molecular weight excluding hydrogens is 444 g/mol. The van der Waals surface area contributed by atoms with Crippen molar-refractivity contribution >= 4 is 12.0 Å². The normalized spacial score (nSPS) is 16.0. The van der Waals surface area contributed by atoms with E-state index in [1.807, 2.05) is 19.9 Å². The van der Waals surface area contributed by atoms with Crippen LogP contribution in [0.3, 0.4) is 0 Å². The number of hydrogen-bond acceptors (Lipinski definition) is 5. The molecule has 1 atom stereocenters. The Kier molecular flexibility index (Phi) is 8.10. The van der Waals surface area contributed by atoms with E-state index >= 15 is 0 Å². The number of urea groups is 1. The number of hydrogen-bond donors (Lipinski definition) is 2. The molecule has 2 amide bonds. The number of carbonyl (C=O) groups is 2. The van der Waals surface area contributed by atoms with Gasteiger partial charge < -0.3 is 24.8 Å². The van der Waals surface area contributed by atoms with Gasteiger partial charge in [-0.1, -0.05) is 65.0 Å². The van der Waals surface area contributed by atoms with Crippen LogP contribution < -0.4 is 20.1 Å². The number of rotatable bonds is 8. The first-order chi connectivity index (χ1) is 16.5. The zero-order valence-corrected chi connectivity index (χ0v) is 21.7. The second-order valence-electron chi connectivity index (χ2n) is 9.88. The fraction of sp³-hybridized carbons (Fsp3) is 0.429. The maximum Gasteiger partial charge on any atom is 0.338 e. The number of nitrogens with one attached hydrogen (secondary N) is 2. The van der Waals surface area contributed by atoms with Crippen molar-refractivity contribution in [1.82, 2.24) is 10.6 Å². The zero-order chi connectivity index (χ0) is 25.8. The summed E-state index contributed by atoms with van der Waals surface area (Å²) < 4.78 is 16.9. The smallest absolute Gasteiger partial charge is 0.338 e. The van der Waals surface area contributed by atoms with Crippen LogP contribution in [0.4, 0.5) is 4.79 Å². The van der Waals surface area contributed by atoms with Crippen LogP contribution >= 0.6 is 0 Å². The Labute approximate surface area is 207 Å². The Morgan fingerprint density at radius 3 is 2.31 bits per heavy atom. The van der Waals surface area contributed by atoms with Gasteiger partial charge in [-0.2, -0.15) is 0 Å². The zero-order valence-electron chi connectivity index (χ0n) is 21.7. The van der Waals surface area contributed by atoms with E-state index in [4.69, 9.17) is 14.2 Å². The van der Waals surface area contributed by atoms with E-state index in [9.17, 15) is 9.59 Å². The molecule has 1 unspecified atom stereocenters. The first-order valence-electron chi connectivity index (χ1n) is 11.9. The topological polar surface area (TPSA) is 85.9 Å². The number of allylic oxidation sites excluding steroid dienone is 1. The second kappa shape index (κ2) is 10.8. The number of benzene rings is 2. The molecule has 0 saturated carbocycles. The molecule has 2 aromatic rings. The lowest BCUT2D eigenvalue weighted by Crippen LogP contribution is -2.47. The van der Waals surface area contributed by atoms with Gasteiger partial charge in [0.25, 0.3) is 0 Å². The quantitative estimate of drug-likeness (QED) is 0.494. The van der Waals surface area contributed by atoms with Gasteiger partial charge in [0.15, 0.2) is 11.5 Å². The van der Waals surface area contributed by atoms with Crippen molar-refractivity contribution in [2.75, 3.05) is 13.7 Å². The molecule has 3 rings (SSSR count). The lowest BCUT2D eigenvalue weighted by Gasteiger charge is -2.31. The van der Waals surface area contributed by atoms with E-state index in [0.29, 0.717) is 34.9 Å². The van der Waals surface area contributed by atoms with Crippen LogP contribution in [0.15, 0.2) is 53.7 Å². The van der Waals surface area contributed by atoms with E-state index < -0.39 is 12.0 Å². The third-order valence-corrected chi connectivity index (χ3v) is 5.91. The van der Waals surface area contributed by atoms with E-state index in [1.54, 1.807) is 26.2 Å². The lowest BCUT2D eigenvalue weighted by molar-refractivity contribution is -0.139. The Bertz CT molecular complexity index is 1100. The largest absolute Gasteiger partial charge is 0.493 e. The van der Waals surface area contributed by atoms with Gasteiger partial charge in [-0.05, 0) is 47.1 Å². The van der Waals surface area contributed by atoms with Crippen molar-refractivity contribution in [2.45, 2.75) is 59.6 Å². The Morgan fingerprint density at radius 2 is 1.74 bits per heavy atom. The fourth-order valence-electron chi connectivity index (χ4n) is 3.97. The maximum atomic E-state index is 12.8. The fourth-order valence-corrected chi connectivity index (χ4v) is 3.97. The van der Waals surface area contributed by atoms with E-state index in [2.05, 4.69) is 55.7 Å². The Morgan fingerprint density at radius 1 is 1.06 bits per heavy atom. The third-order valence-electron chi connectivity index (χ3n) is 5.91. The third kappa shape index (κ3) is 6.15. The molecule has 0 radical (unpaired) electrons. The highest BCUT2D eigenvalue weighted by Gasteiger charge is 2.35. The highest BCUT2D eigenvalue weighted by Crippen LogP contribution is 2.36. The Hall–Kier alpha value is -3.48. The van der Waals surface area contributed by atoms with Gasteiger partial charge in [0.2, 0.25) is 0 Å². The van der Waals surface area contributed by atoms with Gasteiger partial charge in [0, 0.05) is 5.70 Å². The monoisotopic (exact) mass is 480 g/mol. The van der Waals surface area contributed by atoms with Crippen LogP contribution in [0.25, 0.3) is 0 Å². The second-order valence-corrected chi connectivity index (χ2v) is 9.88. The molecule has 1 heterocycles. The molecule has 0 aliphatic carbocycles. The molecule has 0 aromatic heterocycles. The van der Waals surface area contributed by atoms with Gasteiger partial charge in [-0.25, -0.2) is 9.59 Å². The number of ether oxygens (including phenoxy) is 3. The molecule has 0 saturated heterocycles. The van der Waals surface area contributed by atoms with Crippen LogP contribution in [0.5, 0.6) is 11.5 Å². The van der Waals surface area contributed by atoms with Crippen molar-refractivity contribution in [3.8, 4) is 11.5 Å². The minimum absolute atomic E-state index is 0.0721. The lowest BCUT2D eigenvalue weighted by atomic mass is 9.87. The van der Waals surface area contributed by atoms with Crippen molar-refractivity contribution in [2.24, 2.45) is 5.92 Å². The van der Waals surface area contributed by atoms with Crippen LogP contribution in [-0.2, 0) is 21.6 Å². The molecule has 35 heavy (non-hydrogen) atoms. The van der Waals surface area contributed by atoms with Crippen LogP contribution in [0.1, 0.15) is 64.3 Å². The predicted octanol–water partition coefficient (Wildman–Crippen LogP) is 5.40. The van der Waals surface area contributed by atoms with Crippen LogP contribution in [-0.4, -0.2) is 25.7 Å². The first-order valence-corrected chi connectivity index (χ1v) is 11.9. The summed E-state index contributed by atoms with van der Waals surface area (Å²) in [7, 11) is 1.56. The molecule has 0 fully saturated rings. The van der Waals surface area contributed by atoms with Crippen molar-refractivity contribution < 1.29 is 23.8 Å². The molecule has 188 valence electrons. The first kappa shape index (κ1) is 26.1. The van der Waals surface area contributed by atoms with Crippen molar-refractivity contribution in [3.63, 3.8) is 0 Å². The number of methoxy groups -OCH3 is 1. The Balaban J connectivity index is 1.87. The highest BCUT2D eigenvalue weighted by atomic mass is 16.5. The minimum Gasteiger partial charge on any atom is -0.493 e. The highest BCUT2D eigenvalue weighted by molar-refractivity contribution is 5.95. The van der Waals surface area contributed by atoms with Gasteiger partial charge in [-0.3, -0.25) is 0 Å². The number of carbonyl (C=O) groups excluding carboxylic acids is 2. The van der Waals surface area contributed by atoms with Gasteiger partial charge in [0.1, 0.15) is 6.61 Å². The maximum absolute atomic E-state index is 12.8. The van der Waals surface area contributed by atoms with Crippen molar-refractivity contribution in [3.05, 3.63) is 70.4 Å². The summed E-state index contributed by atoms with van der Waals surface area (Å²) in [4.78, 5) is 25.2. The molecule has 7 nitrogen and oxygen atoms in total. The summed E-state index contributed by atoms with van der Waals surface area (Å²) in [6.45, 7) is 12.8. The molecular formula is C28H36N2O5. The standard InChI is InChI=1S/C28H36N2O5/c1-8-34-26(31)23-24(17(2)3)29-27(32)30-25(23)19-11-14-21(22(15-19)33-7)35-16-18-9-12-20(13-10-18)28(4,5)6/h9-15,17,25H,8,16H2,1-7H3,(H2,29,30,32). The summed E-state index contributed by atoms with van der Waals surface area (Å²) in [5, 5.41) is 5.62. The SMILES string of the molecule is CCOC(=O)C1=C(C(C)C)NC(=O)NC1c1ccc(OCc2ccc(C(C)(C)C)cc2)c(OC)c1. The van der Waals surface area contributed by atoms with Gasteiger partial charge in [-0.15, -0.1) is 0 Å². The van der Waals surface area contributed by atoms with E-state index in [0.717, 1.165) is 5.56 Å².